The van der Waals surface area contributed by atoms with Crippen molar-refractivity contribution in [2.24, 2.45) is 5.92 Å². The van der Waals surface area contributed by atoms with Gasteiger partial charge in [-0.1, -0.05) is 34.1 Å². The van der Waals surface area contributed by atoms with E-state index in [1.165, 1.54) is 18.6 Å². The SMILES string of the molecule is CCCCSC(CCOC(=O)CC)C(C)C. The molecule has 0 aliphatic carbocycles. The lowest BCUT2D eigenvalue weighted by Crippen LogP contribution is -2.16. The minimum Gasteiger partial charge on any atom is -0.466 e. The molecule has 0 radical (unpaired) electrons. The van der Waals surface area contributed by atoms with E-state index in [0.29, 0.717) is 24.2 Å². The smallest absolute Gasteiger partial charge is 0.305 e. The van der Waals surface area contributed by atoms with Gasteiger partial charge < -0.3 is 4.74 Å². The van der Waals surface area contributed by atoms with E-state index in [9.17, 15) is 4.79 Å². The van der Waals surface area contributed by atoms with Gasteiger partial charge in [0.2, 0.25) is 0 Å². The summed E-state index contributed by atoms with van der Waals surface area (Å²) < 4.78 is 5.13. The quantitative estimate of drug-likeness (QED) is 0.456. The fourth-order valence-corrected chi connectivity index (χ4v) is 2.79. The first-order chi connectivity index (χ1) is 7.61. The minimum absolute atomic E-state index is 0.0823. The normalized spacial score (nSPS) is 12.8. The summed E-state index contributed by atoms with van der Waals surface area (Å²) in [5.41, 5.74) is 0. The predicted molar refractivity (Wildman–Crippen MR) is 71.9 cm³/mol. The first-order valence-corrected chi connectivity index (χ1v) is 7.43. The van der Waals surface area contributed by atoms with Crippen LogP contribution in [0.3, 0.4) is 0 Å². The fourth-order valence-electron chi connectivity index (χ4n) is 1.38. The molecule has 0 aliphatic rings. The first-order valence-electron chi connectivity index (χ1n) is 6.39. The number of thioether (sulfide) groups is 1. The number of carbonyl (C=O) groups excluding carboxylic acids is 1. The molecule has 0 heterocycles. The summed E-state index contributed by atoms with van der Waals surface area (Å²) in [6.45, 7) is 9.11. The van der Waals surface area contributed by atoms with Crippen LogP contribution >= 0.6 is 11.8 Å². The molecule has 0 amide bonds. The van der Waals surface area contributed by atoms with Gasteiger partial charge in [0.05, 0.1) is 6.61 Å². The van der Waals surface area contributed by atoms with E-state index in [1.807, 2.05) is 18.7 Å². The van der Waals surface area contributed by atoms with Crippen LogP contribution in [0.15, 0.2) is 0 Å². The molecule has 0 rings (SSSR count). The number of carbonyl (C=O) groups is 1. The lowest BCUT2D eigenvalue weighted by molar-refractivity contribution is -0.143. The molecular weight excluding hydrogens is 220 g/mol. The molecule has 1 unspecified atom stereocenters. The molecule has 3 heteroatoms. The van der Waals surface area contributed by atoms with Crippen molar-refractivity contribution >= 4 is 17.7 Å². The third kappa shape index (κ3) is 8.03. The monoisotopic (exact) mass is 246 g/mol. The van der Waals surface area contributed by atoms with E-state index in [-0.39, 0.29) is 5.97 Å². The zero-order valence-electron chi connectivity index (χ0n) is 11.1. The number of ether oxygens (including phenoxy) is 1. The second-order valence-electron chi connectivity index (χ2n) is 4.37. The highest BCUT2D eigenvalue weighted by Crippen LogP contribution is 2.23. The van der Waals surface area contributed by atoms with Gasteiger partial charge in [-0.2, -0.15) is 11.8 Å². The molecule has 0 saturated carbocycles. The summed E-state index contributed by atoms with van der Waals surface area (Å²) in [5.74, 6) is 1.80. The van der Waals surface area contributed by atoms with Gasteiger partial charge in [-0.15, -0.1) is 0 Å². The number of unbranched alkanes of at least 4 members (excludes halogenated alkanes) is 1. The Morgan fingerprint density at radius 1 is 1.31 bits per heavy atom. The maximum Gasteiger partial charge on any atom is 0.305 e. The van der Waals surface area contributed by atoms with Gasteiger partial charge in [-0.05, 0) is 24.5 Å². The third-order valence-electron chi connectivity index (χ3n) is 2.53. The molecule has 0 fully saturated rings. The van der Waals surface area contributed by atoms with Crippen LogP contribution in [0.4, 0.5) is 0 Å². The van der Waals surface area contributed by atoms with Crippen molar-refractivity contribution in [3.63, 3.8) is 0 Å². The highest BCUT2D eigenvalue weighted by molar-refractivity contribution is 7.99. The van der Waals surface area contributed by atoms with Gasteiger partial charge in [0, 0.05) is 11.7 Å². The molecule has 0 aromatic heterocycles. The van der Waals surface area contributed by atoms with Crippen LogP contribution < -0.4 is 0 Å². The van der Waals surface area contributed by atoms with Crippen molar-refractivity contribution in [2.45, 2.75) is 58.6 Å². The fraction of sp³-hybridized carbons (Fsp3) is 0.923. The molecule has 1 atom stereocenters. The molecular formula is C13H26O2S. The van der Waals surface area contributed by atoms with E-state index in [4.69, 9.17) is 4.74 Å². The second-order valence-corrected chi connectivity index (χ2v) is 5.72. The maximum atomic E-state index is 11.0. The van der Waals surface area contributed by atoms with Crippen LogP contribution in [0.25, 0.3) is 0 Å². The zero-order chi connectivity index (χ0) is 12.4. The number of esters is 1. The molecule has 0 bridgehead atoms. The topological polar surface area (TPSA) is 26.3 Å². The van der Waals surface area contributed by atoms with Gasteiger partial charge in [0.25, 0.3) is 0 Å². The summed E-state index contributed by atoms with van der Waals surface area (Å²) in [6, 6.07) is 0. The second kappa shape index (κ2) is 10.0. The molecule has 0 aliphatic heterocycles. The van der Waals surface area contributed by atoms with Crippen molar-refractivity contribution in [2.75, 3.05) is 12.4 Å². The molecule has 0 N–H and O–H groups in total. The Balaban J connectivity index is 3.72. The highest BCUT2D eigenvalue weighted by atomic mass is 32.2. The Morgan fingerprint density at radius 3 is 2.50 bits per heavy atom. The lowest BCUT2D eigenvalue weighted by Gasteiger charge is -2.20. The maximum absolute atomic E-state index is 11.0. The van der Waals surface area contributed by atoms with Gasteiger partial charge in [-0.25, -0.2) is 0 Å². The van der Waals surface area contributed by atoms with Crippen LogP contribution in [0.2, 0.25) is 0 Å². The van der Waals surface area contributed by atoms with E-state index in [2.05, 4.69) is 20.8 Å². The molecule has 0 spiro atoms. The zero-order valence-corrected chi connectivity index (χ0v) is 11.9. The molecule has 0 saturated heterocycles. The first kappa shape index (κ1) is 15.8. The van der Waals surface area contributed by atoms with Crippen molar-refractivity contribution in [1.29, 1.82) is 0 Å². The van der Waals surface area contributed by atoms with E-state index in [0.717, 1.165) is 6.42 Å². The van der Waals surface area contributed by atoms with Crippen molar-refractivity contribution in [3.8, 4) is 0 Å². The van der Waals surface area contributed by atoms with Crippen LogP contribution in [0.1, 0.15) is 53.4 Å². The molecule has 0 aromatic rings. The summed E-state index contributed by atoms with van der Waals surface area (Å²) in [6.07, 6.45) is 4.00. The van der Waals surface area contributed by atoms with E-state index in [1.54, 1.807) is 0 Å². The Labute approximate surface area is 105 Å². The van der Waals surface area contributed by atoms with E-state index < -0.39 is 0 Å². The number of hydrogen-bond acceptors (Lipinski definition) is 3. The van der Waals surface area contributed by atoms with Gasteiger partial charge >= 0.3 is 5.97 Å². The van der Waals surface area contributed by atoms with Crippen LogP contribution in [-0.4, -0.2) is 23.6 Å². The standard InChI is InChI=1S/C13H26O2S/c1-5-7-10-16-12(11(3)4)8-9-15-13(14)6-2/h11-12H,5-10H2,1-4H3. The highest BCUT2D eigenvalue weighted by Gasteiger charge is 2.14. The summed E-state index contributed by atoms with van der Waals surface area (Å²) in [7, 11) is 0. The van der Waals surface area contributed by atoms with Gasteiger partial charge in [0.15, 0.2) is 0 Å². The minimum atomic E-state index is -0.0823. The molecule has 16 heavy (non-hydrogen) atoms. The van der Waals surface area contributed by atoms with Crippen molar-refractivity contribution in [1.82, 2.24) is 0 Å². The van der Waals surface area contributed by atoms with Crippen LogP contribution in [0, 0.1) is 5.92 Å². The Hall–Kier alpha value is -0.180. The Morgan fingerprint density at radius 2 is 2.00 bits per heavy atom. The number of hydrogen-bond donors (Lipinski definition) is 0. The van der Waals surface area contributed by atoms with Gasteiger partial charge in [0.1, 0.15) is 0 Å². The van der Waals surface area contributed by atoms with Gasteiger partial charge in [-0.3, -0.25) is 4.79 Å². The summed E-state index contributed by atoms with van der Waals surface area (Å²) in [4.78, 5) is 11.0. The predicted octanol–water partition coefficient (Wildman–Crippen LogP) is 3.89. The Bertz CT molecular complexity index is 181. The molecule has 96 valence electrons. The largest absolute Gasteiger partial charge is 0.466 e. The van der Waals surface area contributed by atoms with Crippen LogP contribution in [0.5, 0.6) is 0 Å². The van der Waals surface area contributed by atoms with E-state index >= 15 is 0 Å². The average molecular weight is 246 g/mol. The molecule has 2 nitrogen and oxygen atoms in total. The number of rotatable bonds is 9. The average Bonchev–Trinajstić information content (AvgIpc) is 2.26. The lowest BCUT2D eigenvalue weighted by atomic mass is 10.1. The van der Waals surface area contributed by atoms with Crippen molar-refractivity contribution in [3.05, 3.63) is 0 Å². The van der Waals surface area contributed by atoms with Crippen molar-refractivity contribution < 1.29 is 9.53 Å². The Kier molecular flexibility index (Phi) is 9.89. The summed E-state index contributed by atoms with van der Waals surface area (Å²) in [5, 5.41) is 0.621. The van der Waals surface area contributed by atoms with Crippen LogP contribution in [-0.2, 0) is 9.53 Å². The summed E-state index contributed by atoms with van der Waals surface area (Å²) >= 11 is 2.02. The molecule has 0 aromatic carbocycles. The third-order valence-corrected chi connectivity index (χ3v) is 4.26.